The largest absolute Gasteiger partial charge is 0.466 e. The third-order valence-corrected chi connectivity index (χ3v) is 3.03. The number of hydrogen-bond acceptors (Lipinski definition) is 4. The summed E-state index contributed by atoms with van der Waals surface area (Å²) in [6, 6.07) is 0. The van der Waals surface area contributed by atoms with E-state index in [4.69, 9.17) is 14.6 Å². The first-order chi connectivity index (χ1) is 6.95. The van der Waals surface area contributed by atoms with Crippen molar-refractivity contribution in [3.05, 3.63) is 12.0 Å². The molecule has 0 bridgehead atoms. The smallest absolute Gasteiger partial charge is 0.276 e. The topological polar surface area (TPSA) is 78.6 Å². The summed E-state index contributed by atoms with van der Waals surface area (Å²) in [5, 5.41) is 4.29. The van der Waals surface area contributed by atoms with Crippen LogP contribution in [0.3, 0.4) is 0 Å². The Bertz CT molecular complexity index is 289. The van der Waals surface area contributed by atoms with E-state index in [-0.39, 0.29) is 5.95 Å². The maximum absolute atomic E-state index is 11.1. The standard InChI is InChI=1S/C9H19NO4S/c1-4-8(15(10,11)12)7-9(13-5-2)14-6-3/h7-8H,4-6H2,1-3H3,(H2,10,11,12). The summed E-state index contributed by atoms with van der Waals surface area (Å²) in [5.74, 6) is 0.223. The van der Waals surface area contributed by atoms with Gasteiger partial charge in [-0.1, -0.05) is 6.92 Å². The molecule has 0 aliphatic rings. The van der Waals surface area contributed by atoms with E-state index in [0.29, 0.717) is 19.6 Å². The minimum Gasteiger partial charge on any atom is -0.466 e. The van der Waals surface area contributed by atoms with Crippen LogP contribution < -0.4 is 5.14 Å². The number of hydrogen-bond donors (Lipinski definition) is 1. The van der Waals surface area contributed by atoms with Crippen LogP contribution in [0.1, 0.15) is 27.2 Å². The molecule has 15 heavy (non-hydrogen) atoms. The van der Waals surface area contributed by atoms with Crippen molar-refractivity contribution in [2.24, 2.45) is 5.14 Å². The number of rotatable bonds is 7. The quantitative estimate of drug-likeness (QED) is 0.669. The fourth-order valence-corrected chi connectivity index (χ4v) is 1.78. The van der Waals surface area contributed by atoms with E-state index in [0.717, 1.165) is 0 Å². The number of nitrogens with two attached hydrogens (primary N) is 1. The van der Waals surface area contributed by atoms with Crippen LogP contribution in [0.5, 0.6) is 0 Å². The molecular formula is C9H19NO4S. The molecule has 0 aliphatic carbocycles. The molecule has 0 fully saturated rings. The van der Waals surface area contributed by atoms with Crippen LogP contribution in [-0.4, -0.2) is 26.9 Å². The molecule has 1 unspecified atom stereocenters. The molecule has 0 saturated carbocycles. The Hall–Kier alpha value is -0.750. The molecule has 0 saturated heterocycles. The summed E-state index contributed by atoms with van der Waals surface area (Å²) >= 11 is 0. The molecular weight excluding hydrogens is 218 g/mol. The van der Waals surface area contributed by atoms with Crippen LogP contribution in [0.25, 0.3) is 0 Å². The van der Waals surface area contributed by atoms with E-state index in [9.17, 15) is 8.42 Å². The summed E-state index contributed by atoms with van der Waals surface area (Å²) in [6.45, 7) is 6.18. The number of ether oxygens (including phenoxy) is 2. The van der Waals surface area contributed by atoms with Gasteiger partial charge in [0.1, 0.15) is 0 Å². The van der Waals surface area contributed by atoms with E-state index >= 15 is 0 Å². The van der Waals surface area contributed by atoms with Gasteiger partial charge in [0.2, 0.25) is 10.0 Å². The number of sulfonamides is 1. The van der Waals surface area contributed by atoms with Gasteiger partial charge >= 0.3 is 0 Å². The van der Waals surface area contributed by atoms with Gasteiger partial charge in [0.05, 0.1) is 18.5 Å². The van der Waals surface area contributed by atoms with Gasteiger partial charge in [0.15, 0.2) is 0 Å². The molecule has 2 N–H and O–H groups in total. The zero-order chi connectivity index (χ0) is 11.9. The van der Waals surface area contributed by atoms with Gasteiger partial charge in [-0.2, -0.15) is 0 Å². The van der Waals surface area contributed by atoms with E-state index < -0.39 is 15.3 Å². The minimum absolute atomic E-state index is 0.223. The summed E-state index contributed by atoms with van der Waals surface area (Å²) in [4.78, 5) is 0. The van der Waals surface area contributed by atoms with Crippen molar-refractivity contribution in [1.29, 1.82) is 0 Å². The fourth-order valence-electron chi connectivity index (χ4n) is 1.02. The van der Waals surface area contributed by atoms with Crippen molar-refractivity contribution in [3.8, 4) is 0 Å². The normalized spacial score (nSPS) is 13.1. The highest BCUT2D eigenvalue weighted by atomic mass is 32.2. The molecule has 6 heteroatoms. The Balaban J connectivity index is 4.75. The Morgan fingerprint density at radius 1 is 1.27 bits per heavy atom. The van der Waals surface area contributed by atoms with Crippen molar-refractivity contribution in [2.45, 2.75) is 32.4 Å². The summed E-state index contributed by atoms with van der Waals surface area (Å²) in [5.41, 5.74) is 0. The third-order valence-electron chi connectivity index (χ3n) is 1.72. The lowest BCUT2D eigenvalue weighted by molar-refractivity contribution is 0.0455. The van der Waals surface area contributed by atoms with Crippen LogP contribution in [0.2, 0.25) is 0 Å². The molecule has 1 atom stereocenters. The second kappa shape index (κ2) is 6.68. The highest BCUT2D eigenvalue weighted by molar-refractivity contribution is 7.89. The lowest BCUT2D eigenvalue weighted by Gasteiger charge is -2.12. The van der Waals surface area contributed by atoms with E-state index in [2.05, 4.69) is 0 Å². The van der Waals surface area contributed by atoms with Crippen LogP contribution >= 0.6 is 0 Å². The summed E-state index contributed by atoms with van der Waals surface area (Å²) in [6.07, 6.45) is 1.80. The van der Waals surface area contributed by atoms with Gasteiger partial charge < -0.3 is 9.47 Å². The van der Waals surface area contributed by atoms with Crippen molar-refractivity contribution in [1.82, 2.24) is 0 Å². The zero-order valence-corrected chi connectivity index (χ0v) is 10.2. The third kappa shape index (κ3) is 5.64. The monoisotopic (exact) mass is 237 g/mol. The van der Waals surface area contributed by atoms with Gasteiger partial charge in [0.25, 0.3) is 5.95 Å². The molecule has 5 nitrogen and oxygen atoms in total. The first-order valence-electron chi connectivity index (χ1n) is 4.94. The lowest BCUT2D eigenvalue weighted by atomic mass is 10.3. The van der Waals surface area contributed by atoms with Crippen LogP contribution in [0.15, 0.2) is 12.0 Å². The number of primary sulfonamides is 1. The molecule has 90 valence electrons. The summed E-state index contributed by atoms with van der Waals surface area (Å²) < 4.78 is 32.5. The summed E-state index contributed by atoms with van der Waals surface area (Å²) in [7, 11) is -3.58. The van der Waals surface area contributed by atoms with Crippen LogP contribution in [0, 0.1) is 0 Å². The Labute approximate surface area is 91.3 Å². The SMILES string of the molecule is CCOC(=CC(CC)S(N)(=O)=O)OCC. The van der Waals surface area contributed by atoms with E-state index in [1.807, 2.05) is 0 Å². The minimum atomic E-state index is -3.58. The van der Waals surface area contributed by atoms with E-state index in [1.54, 1.807) is 20.8 Å². The van der Waals surface area contributed by atoms with Gasteiger partial charge in [-0.15, -0.1) is 0 Å². The van der Waals surface area contributed by atoms with Crippen molar-refractivity contribution >= 4 is 10.0 Å². The molecule has 0 aromatic carbocycles. The van der Waals surface area contributed by atoms with Crippen molar-refractivity contribution in [3.63, 3.8) is 0 Å². The van der Waals surface area contributed by atoms with Gasteiger partial charge in [-0.05, 0) is 20.3 Å². The maximum atomic E-state index is 11.1. The van der Waals surface area contributed by atoms with Gasteiger partial charge in [-0.25, -0.2) is 13.6 Å². The molecule has 0 aromatic rings. The molecule has 0 aromatic heterocycles. The Kier molecular flexibility index (Phi) is 6.35. The molecule has 0 amide bonds. The Morgan fingerprint density at radius 3 is 2.00 bits per heavy atom. The van der Waals surface area contributed by atoms with Crippen LogP contribution in [-0.2, 0) is 19.5 Å². The predicted octanol–water partition coefficient (Wildman–Crippen LogP) is 0.968. The molecule has 0 rings (SSSR count). The van der Waals surface area contributed by atoms with E-state index in [1.165, 1.54) is 6.08 Å². The first-order valence-corrected chi connectivity index (χ1v) is 6.55. The molecule has 0 heterocycles. The second-order valence-electron chi connectivity index (χ2n) is 2.89. The molecule has 0 aliphatic heterocycles. The lowest BCUT2D eigenvalue weighted by Crippen LogP contribution is -2.27. The average Bonchev–Trinajstić information content (AvgIpc) is 2.12. The highest BCUT2D eigenvalue weighted by Gasteiger charge is 2.18. The van der Waals surface area contributed by atoms with Gasteiger partial charge in [0, 0.05) is 6.08 Å². The molecule has 0 spiro atoms. The fraction of sp³-hybridized carbons (Fsp3) is 0.778. The maximum Gasteiger partial charge on any atom is 0.276 e. The van der Waals surface area contributed by atoms with Crippen molar-refractivity contribution < 1.29 is 17.9 Å². The average molecular weight is 237 g/mol. The van der Waals surface area contributed by atoms with Crippen LogP contribution in [0.4, 0.5) is 0 Å². The predicted molar refractivity (Wildman–Crippen MR) is 58.5 cm³/mol. The van der Waals surface area contributed by atoms with Gasteiger partial charge in [-0.3, -0.25) is 0 Å². The Morgan fingerprint density at radius 2 is 1.73 bits per heavy atom. The second-order valence-corrected chi connectivity index (χ2v) is 4.67. The van der Waals surface area contributed by atoms with Crippen molar-refractivity contribution in [2.75, 3.05) is 13.2 Å². The zero-order valence-electron chi connectivity index (χ0n) is 9.39. The first kappa shape index (κ1) is 14.2. The highest BCUT2D eigenvalue weighted by Crippen LogP contribution is 2.09. The molecule has 0 radical (unpaired) electrons.